The van der Waals surface area contributed by atoms with E-state index in [0.29, 0.717) is 6.54 Å². The third-order valence-electron chi connectivity index (χ3n) is 2.59. The number of nitrogens with one attached hydrogen (secondary N) is 1. The highest BCUT2D eigenvalue weighted by molar-refractivity contribution is 5.98. The van der Waals surface area contributed by atoms with E-state index in [1.165, 1.54) is 16.7 Å². The highest BCUT2D eigenvalue weighted by atomic mass is 16.1. The number of carbonyl (C=O) groups excluding carboxylic acids is 1. The molecule has 0 spiro atoms. The third kappa shape index (κ3) is 2.20. The molecule has 0 saturated carbocycles. The second-order valence-electron chi connectivity index (χ2n) is 3.69. The number of Topliss-reactive ketones (excluding diaryl/α,β-unsaturated/α-hetero) is 1. The average Bonchev–Trinajstić information content (AvgIpc) is 2.13. The highest BCUT2D eigenvalue weighted by Gasteiger charge is 2.07. The number of benzene rings is 1. The molecule has 0 aliphatic rings. The summed E-state index contributed by atoms with van der Waals surface area (Å²) in [5.41, 5.74) is 4.44. The summed E-state index contributed by atoms with van der Waals surface area (Å²) in [6.07, 6.45) is 0. The normalized spacial score (nSPS) is 10.3. The van der Waals surface area contributed by atoms with Gasteiger partial charge in [-0.2, -0.15) is 0 Å². The first-order valence-electron chi connectivity index (χ1n) is 4.82. The van der Waals surface area contributed by atoms with Gasteiger partial charge in [0.15, 0.2) is 5.78 Å². The maximum absolute atomic E-state index is 11.6. The lowest BCUT2D eigenvalue weighted by Gasteiger charge is -2.08. The molecule has 0 aliphatic heterocycles. The molecule has 1 N–H and O–H groups in total. The number of hydrogen-bond donors (Lipinski definition) is 1. The summed E-state index contributed by atoms with van der Waals surface area (Å²) >= 11 is 0. The van der Waals surface area contributed by atoms with Crippen molar-refractivity contribution < 1.29 is 4.79 Å². The quantitative estimate of drug-likeness (QED) is 0.740. The molecule has 0 amide bonds. The zero-order chi connectivity index (χ0) is 10.7. The van der Waals surface area contributed by atoms with Crippen molar-refractivity contribution in [3.63, 3.8) is 0 Å². The third-order valence-corrected chi connectivity index (χ3v) is 2.59. The second kappa shape index (κ2) is 4.38. The molecular weight excluding hydrogens is 174 g/mol. The smallest absolute Gasteiger partial charge is 0.176 e. The van der Waals surface area contributed by atoms with Gasteiger partial charge in [0.2, 0.25) is 0 Å². The molecule has 1 rings (SSSR count). The summed E-state index contributed by atoms with van der Waals surface area (Å²) in [4.78, 5) is 11.6. The highest BCUT2D eigenvalue weighted by Crippen LogP contribution is 2.15. The first kappa shape index (κ1) is 10.9. The van der Waals surface area contributed by atoms with E-state index < -0.39 is 0 Å². The fourth-order valence-corrected chi connectivity index (χ4v) is 1.46. The first-order valence-corrected chi connectivity index (χ1v) is 4.82. The van der Waals surface area contributed by atoms with Crippen molar-refractivity contribution >= 4 is 5.78 Å². The van der Waals surface area contributed by atoms with Gasteiger partial charge in [0.25, 0.3) is 0 Å². The van der Waals surface area contributed by atoms with Crippen LogP contribution in [-0.4, -0.2) is 19.4 Å². The van der Waals surface area contributed by atoms with E-state index in [2.05, 4.69) is 12.2 Å². The Labute approximate surface area is 85.3 Å². The van der Waals surface area contributed by atoms with Gasteiger partial charge in [-0.25, -0.2) is 0 Å². The van der Waals surface area contributed by atoms with Crippen molar-refractivity contribution in [1.82, 2.24) is 5.32 Å². The topological polar surface area (TPSA) is 29.1 Å². The Bertz CT molecular complexity index is 332. The number of aryl methyl sites for hydroxylation is 2. The van der Waals surface area contributed by atoms with Crippen LogP contribution in [0.25, 0.3) is 0 Å². The number of hydrogen-bond acceptors (Lipinski definition) is 2. The molecular formula is C12H17NO. The van der Waals surface area contributed by atoms with Crippen molar-refractivity contribution in [2.24, 2.45) is 0 Å². The lowest BCUT2D eigenvalue weighted by atomic mass is 9.98. The van der Waals surface area contributed by atoms with Crippen LogP contribution >= 0.6 is 0 Å². The molecule has 0 aromatic heterocycles. The zero-order valence-corrected chi connectivity index (χ0v) is 9.27. The molecule has 1 aromatic rings. The van der Waals surface area contributed by atoms with Crippen LogP contribution < -0.4 is 5.32 Å². The summed E-state index contributed by atoms with van der Waals surface area (Å²) in [6, 6.07) is 3.92. The molecule has 0 saturated heterocycles. The largest absolute Gasteiger partial charge is 0.313 e. The molecule has 76 valence electrons. The summed E-state index contributed by atoms with van der Waals surface area (Å²) in [6.45, 7) is 6.57. The molecule has 1 aromatic carbocycles. The standard InChI is InChI=1S/C12H17NO/c1-8-5-11(12(14)7-13-4)6-9(2)10(8)3/h5-6,13H,7H2,1-4H3. The van der Waals surface area contributed by atoms with Gasteiger partial charge in [-0.3, -0.25) is 4.79 Å². The van der Waals surface area contributed by atoms with E-state index in [0.717, 1.165) is 5.56 Å². The fourth-order valence-electron chi connectivity index (χ4n) is 1.46. The first-order chi connectivity index (χ1) is 6.56. The zero-order valence-electron chi connectivity index (χ0n) is 9.27. The Kier molecular flexibility index (Phi) is 3.42. The summed E-state index contributed by atoms with van der Waals surface area (Å²) in [7, 11) is 1.78. The van der Waals surface area contributed by atoms with Crippen molar-refractivity contribution in [2.75, 3.05) is 13.6 Å². The minimum Gasteiger partial charge on any atom is -0.313 e. The van der Waals surface area contributed by atoms with Crippen molar-refractivity contribution in [3.8, 4) is 0 Å². The van der Waals surface area contributed by atoms with Crippen molar-refractivity contribution in [1.29, 1.82) is 0 Å². The van der Waals surface area contributed by atoms with Crippen LogP contribution in [0.5, 0.6) is 0 Å². The van der Waals surface area contributed by atoms with E-state index in [4.69, 9.17) is 0 Å². The van der Waals surface area contributed by atoms with Gasteiger partial charge in [0.1, 0.15) is 0 Å². The molecule has 14 heavy (non-hydrogen) atoms. The Hall–Kier alpha value is -1.15. The minimum absolute atomic E-state index is 0.152. The van der Waals surface area contributed by atoms with Crippen LogP contribution in [0, 0.1) is 20.8 Å². The van der Waals surface area contributed by atoms with Crippen molar-refractivity contribution in [2.45, 2.75) is 20.8 Å². The van der Waals surface area contributed by atoms with Crippen LogP contribution in [0.3, 0.4) is 0 Å². The molecule has 0 unspecified atom stereocenters. The van der Waals surface area contributed by atoms with E-state index in [1.54, 1.807) is 7.05 Å². The van der Waals surface area contributed by atoms with Crippen molar-refractivity contribution in [3.05, 3.63) is 34.4 Å². The summed E-state index contributed by atoms with van der Waals surface area (Å²) in [5, 5.41) is 2.87. The molecule has 2 nitrogen and oxygen atoms in total. The van der Waals surface area contributed by atoms with E-state index in [9.17, 15) is 4.79 Å². The number of likely N-dealkylation sites (N-methyl/N-ethyl adjacent to an activating group) is 1. The Morgan fingerprint density at radius 3 is 2.14 bits per heavy atom. The van der Waals surface area contributed by atoms with Gasteiger partial charge in [0, 0.05) is 5.56 Å². The fraction of sp³-hybridized carbons (Fsp3) is 0.417. The minimum atomic E-state index is 0.152. The maximum Gasteiger partial charge on any atom is 0.176 e. The molecule has 0 heterocycles. The van der Waals surface area contributed by atoms with E-state index in [-0.39, 0.29) is 5.78 Å². The van der Waals surface area contributed by atoms with Crippen LogP contribution in [0.15, 0.2) is 12.1 Å². The lowest BCUT2D eigenvalue weighted by Crippen LogP contribution is -2.18. The molecule has 0 radical (unpaired) electrons. The Balaban J connectivity index is 3.06. The van der Waals surface area contributed by atoms with Gasteiger partial charge in [-0.05, 0) is 56.6 Å². The second-order valence-corrected chi connectivity index (χ2v) is 3.69. The number of carbonyl (C=O) groups is 1. The van der Waals surface area contributed by atoms with E-state index in [1.807, 2.05) is 26.0 Å². The Morgan fingerprint density at radius 2 is 1.71 bits per heavy atom. The van der Waals surface area contributed by atoms with Crippen LogP contribution in [0.4, 0.5) is 0 Å². The number of rotatable bonds is 3. The maximum atomic E-state index is 11.6. The van der Waals surface area contributed by atoms with Gasteiger partial charge in [-0.1, -0.05) is 0 Å². The predicted octanol–water partition coefficient (Wildman–Crippen LogP) is 2.01. The SMILES string of the molecule is CNCC(=O)c1cc(C)c(C)c(C)c1. The van der Waals surface area contributed by atoms with Crippen LogP contribution in [0.1, 0.15) is 27.0 Å². The molecule has 0 atom stereocenters. The molecule has 0 aliphatic carbocycles. The van der Waals surface area contributed by atoms with Gasteiger partial charge < -0.3 is 5.32 Å². The predicted molar refractivity (Wildman–Crippen MR) is 58.9 cm³/mol. The molecule has 2 heteroatoms. The summed E-state index contributed by atoms with van der Waals surface area (Å²) < 4.78 is 0. The van der Waals surface area contributed by atoms with Gasteiger partial charge in [0.05, 0.1) is 6.54 Å². The molecule has 0 bridgehead atoms. The molecule has 0 fully saturated rings. The average molecular weight is 191 g/mol. The Morgan fingerprint density at radius 1 is 1.21 bits per heavy atom. The lowest BCUT2D eigenvalue weighted by molar-refractivity contribution is 0.0993. The monoisotopic (exact) mass is 191 g/mol. The van der Waals surface area contributed by atoms with Crippen LogP contribution in [0.2, 0.25) is 0 Å². The van der Waals surface area contributed by atoms with E-state index >= 15 is 0 Å². The van der Waals surface area contributed by atoms with Crippen LogP contribution in [-0.2, 0) is 0 Å². The van der Waals surface area contributed by atoms with Gasteiger partial charge in [-0.15, -0.1) is 0 Å². The van der Waals surface area contributed by atoms with Gasteiger partial charge >= 0.3 is 0 Å². The summed E-state index contributed by atoms with van der Waals surface area (Å²) in [5.74, 6) is 0.152. The number of ketones is 1.